The smallest absolute Gasteiger partial charge is 0.238 e. The van der Waals surface area contributed by atoms with Gasteiger partial charge in [-0.3, -0.25) is 9.78 Å². The second-order valence-corrected chi connectivity index (χ2v) is 5.83. The molecule has 1 amide bonds. The van der Waals surface area contributed by atoms with Crippen molar-refractivity contribution in [3.05, 3.63) is 60.2 Å². The summed E-state index contributed by atoms with van der Waals surface area (Å²) in [6.45, 7) is 0.381. The van der Waals surface area contributed by atoms with E-state index in [0.29, 0.717) is 13.0 Å². The Kier molecular flexibility index (Phi) is 3.94. The molecule has 0 spiro atoms. The number of fused-ring (bicyclic) bond motifs is 1. The van der Waals surface area contributed by atoms with Crippen LogP contribution in [0.15, 0.2) is 48.8 Å². The summed E-state index contributed by atoms with van der Waals surface area (Å²) in [5.74, 6) is 0.709. The molecular formula is C17H18N6O. The summed E-state index contributed by atoms with van der Waals surface area (Å²) in [4.78, 5) is 24.0. The van der Waals surface area contributed by atoms with Gasteiger partial charge in [0.15, 0.2) is 0 Å². The third-order valence-corrected chi connectivity index (χ3v) is 4.20. The van der Waals surface area contributed by atoms with E-state index in [4.69, 9.17) is 0 Å². The summed E-state index contributed by atoms with van der Waals surface area (Å²) in [6.07, 6.45) is 4.20. The molecule has 7 heteroatoms. The van der Waals surface area contributed by atoms with Gasteiger partial charge in [0, 0.05) is 18.4 Å². The summed E-state index contributed by atoms with van der Waals surface area (Å²) in [6, 6.07) is 11.5. The molecule has 1 aromatic carbocycles. The predicted molar refractivity (Wildman–Crippen MR) is 89.6 cm³/mol. The van der Waals surface area contributed by atoms with E-state index in [-0.39, 0.29) is 18.0 Å². The summed E-state index contributed by atoms with van der Waals surface area (Å²) < 4.78 is 0. The molecule has 4 N–H and O–H groups in total. The number of benzene rings is 1. The van der Waals surface area contributed by atoms with Crippen LogP contribution in [0.1, 0.15) is 23.9 Å². The number of para-hydroxylation sites is 2. The van der Waals surface area contributed by atoms with Crippen LogP contribution in [0.3, 0.4) is 0 Å². The van der Waals surface area contributed by atoms with E-state index >= 15 is 0 Å². The van der Waals surface area contributed by atoms with Crippen molar-refractivity contribution >= 4 is 16.9 Å². The molecule has 1 aliphatic rings. The molecule has 2 aromatic heterocycles. The molecule has 0 saturated carbocycles. The Morgan fingerprint density at radius 3 is 2.83 bits per heavy atom. The van der Waals surface area contributed by atoms with Crippen LogP contribution in [-0.4, -0.2) is 26.9 Å². The lowest BCUT2D eigenvalue weighted by Gasteiger charge is -2.09. The fourth-order valence-corrected chi connectivity index (χ4v) is 2.93. The van der Waals surface area contributed by atoms with E-state index < -0.39 is 0 Å². The zero-order chi connectivity index (χ0) is 16.4. The maximum atomic E-state index is 12.3. The highest BCUT2D eigenvalue weighted by molar-refractivity contribution is 5.82. The first kappa shape index (κ1) is 14.8. The van der Waals surface area contributed by atoms with Gasteiger partial charge < -0.3 is 10.3 Å². The zero-order valence-corrected chi connectivity index (χ0v) is 13.0. The van der Waals surface area contributed by atoms with Crippen molar-refractivity contribution in [1.29, 1.82) is 0 Å². The van der Waals surface area contributed by atoms with Gasteiger partial charge in [-0.15, -0.1) is 0 Å². The number of aromatic nitrogens is 3. The lowest BCUT2D eigenvalue weighted by molar-refractivity contribution is -0.123. The molecule has 24 heavy (non-hydrogen) atoms. The molecule has 122 valence electrons. The van der Waals surface area contributed by atoms with Crippen molar-refractivity contribution in [3.63, 3.8) is 0 Å². The molecule has 2 atom stereocenters. The predicted octanol–water partition coefficient (Wildman–Crippen LogP) is 1.18. The van der Waals surface area contributed by atoms with Gasteiger partial charge in [-0.25, -0.2) is 15.8 Å². The number of nitrogens with zero attached hydrogens (tertiary/aromatic N) is 2. The fraction of sp³-hybridized carbons (Fsp3) is 0.235. The lowest BCUT2D eigenvalue weighted by atomic mass is 10.0. The highest BCUT2D eigenvalue weighted by Crippen LogP contribution is 2.21. The first-order valence-corrected chi connectivity index (χ1v) is 7.92. The number of amides is 1. The van der Waals surface area contributed by atoms with Crippen LogP contribution < -0.4 is 16.2 Å². The van der Waals surface area contributed by atoms with Crippen LogP contribution in [0, 0.1) is 0 Å². The van der Waals surface area contributed by atoms with Gasteiger partial charge in [0.05, 0.1) is 17.6 Å². The minimum Gasteiger partial charge on any atom is -0.347 e. The van der Waals surface area contributed by atoms with Crippen LogP contribution in [0.5, 0.6) is 0 Å². The molecule has 7 nitrogen and oxygen atoms in total. The van der Waals surface area contributed by atoms with Gasteiger partial charge in [0.1, 0.15) is 11.9 Å². The van der Waals surface area contributed by atoms with Gasteiger partial charge in [0.2, 0.25) is 5.91 Å². The van der Waals surface area contributed by atoms with Gasteiger partial charge in [0.25, 0.3) is 0 Å². The summed E-state index contributed by atoms with van der Waals surface area (Å²) in [5.41, 5.74) is 9.21. The lowest BCUT2D eigenvalue weighted by Crippen LogP contribution is -2.43. The highest BCUT2D eigenvalue weighted by Gasteiger charge is 2.29. The van der Waals surface area contributed by atoms with E-state index in [1.807, 2.05) is 36.4 Å². The molecule has 3 aromatic rings. The number of nitrogens with one attached hydrogen (secondary N) is 4. The second-order valence-electron chi connectivity index (χ2n) is 5.83. The maximum Gasteiger partial charge on any atom is 0.238 e. The number of hydrogen-bond donors (Lipinski definition) is 4. The van der Waals surface area contributed by atoms with Crippen molar-refractivity contribution < 1.29 is 4.79 Å². The number of rotatable bonds is 4. The normalized spacial score (nSPS) is 20.3. The number of carbonyl (C=O) groups excluding carboxylic acids is 1. The number of pyridine rings is 1. The molecule has 1 fully saturated rings. The molecule has 0 radical (unpaired) electrons. The second kappa shape index (κ2) is 6.38. The highest BCUT2D eigenvalue weighted by atomic mass is 16.2. The third-order valence-electron chi connectivity index (χ3n) is 4.20. The van der Waals surface area contributed by atoms with Gasteiger partial charge in [-0.05, 0) is 36.2 Å². The minimum atomic E-state index is -0.271. The third kappa shape index (κ3) is 2.99. The van der Waals surface area contributed by atoms with E-state index in [1.54, 1.807) is 12.4 Å². The Hall–Kier alpha value is -2.77. The largest absolute Gasteiger partial charge is 0.347 e. The van der Waals surface area contributed by atoms with Crippen LogP contribution >= 0.6 is 0 Å². The SMILES string of the molecule is O=C(NCc1nc2ccccc2[nH]1)C1CC(c2ccncc2)NN1. The van der Waals surface area contributed by atoms with Crippen molar-refractivity contribution in [3.8, 4) is 0 Å². The van der Waals surface area contributed by atoms with E-state index in [2.05, 4.69) is 31.1 Å². The molecule has 1 aliphatic heterocycles. The van der Waals surface area contributed by atoms with Crippen molar-refractivity contribution in [2.24, 2.45) is 0 Å². The average molecular weight is 322 g/mol. The van der Waals surface area contributed by atoms with Crippen LogP contribution in [-0.2, 0) is 11.3 Å². The topological polar surface area (TPSA) is 94.7 Å². The zero-order valence-electron chi connectivity index (χ0n) is 13.0. The average Bonchev–Trinajstić information content (AvgIpc) is 3.27. The van der Waals surface area contributed by atoms with Crippen LogP contribution in [0.25, 0.3) is 11.0 Å². The van der Waals surface area contributed by atoms with Crippen LogP contribution in [0.4, 0.5) is 0 Å². The molecule has 4 rings (SSSR count). The van der Waals surface area contributed by atoms with Crippen molar-refractivity contribution in [2.45, 2.75) is 25.0 Å². The number of aromatic amines is 1. The number of hydrazine groups is 1. The summed E-state index contributed by atoms with van der Waals surface area (Å²) >= 11 is 0. The van der Waals surface area contributed by atoms with Gasteiger partial charge >= 0.3 is 0 Å². The number of imidazole rings is 1. The van der Waals surface area contributed by atoms with Crippen molar-refractivity contribution in [2.75, 3.05) is 0 Å². The number of hydrogen-bond acceptors (Lipinski definition) is 5. The minimum absolute atomic E-state index is 0.0421. The standard InChI is InChI=1S/C17H18N6O/c24-17(15-9-14(22-23-15)11-5-7-18-8-6-11)19-10-16-20-12-3-1-2-4-13(12)21-16/h1-8,14-15,22-23H,9-10H2,(H,19,24)(H,20,21). The molecule has 2 unspecified atom stereocenters. The molecule has 0 aliphatic carbocycles. The maximum absolute atomic E-state index is 12.3. The molecular weight excluding hydrogens is 304 g/mol. The number of H-pyrrole nitrogens is 1. The Morgan fingerprint density at radius 1 is 1.17 bits per heavy atom. The van der Waals surface area contributed by atoms with Gasteiger partial charge in [-0.2, -0.15) is 0 Å². The first-order valence-electron chi connectivity index (χ1n) is 7.92. The first-order chi connectivity index (χ1) is 11.8. The Balaban J connectivity index is 1.35. The van der Waals surface area contributed by atoms with E-state index in [1.165, 1.54) is 0 Å². The Labute approximate surface area is 138 Å². The monoisotopic (exact) mass is 322 g/mol. The summed E-state index contributed by atoms with van der Waals surface area (Å²) in [7, 11) is 0. The fourth-order valence-electron chi connectivity index (χ4n) is 2.93. The summed E-state index contributed by atoms with van der Waals surface area (Å²) in [5, 5.41) is 2.93. The molecule has 3 heterocycles. The van der Waals surface area contributed by atoms with Gasteiger partial charge in [-0.1, -0.05) is 12.1 Å². The Morgan fingerprint density at radius 2 is 2.00 bits per heavy atom. The van der Waals surface area contributed by atoms with Crippen LogP contribution in [0.2, 0.25) is 0 Å². The number of carbonyl (C=O) groups is 1. The molecule has 1 saturated heterocycles. The Bertz CT molecular complexity index is 813. The van der Waals surface area contributed by atoms with Crippen molar-refractivity contribution in [1.82, 2.24) is 31.1 Å². The molecule has 0 bridgehead atoms. The van der Waals surface area contributed by atoms with E-state index in [9.17, 15) is 4.79 Å². The van der Waals surface area contributed by atoms with E-state index in [0.717, 1.165) is 22.4 Å². The quantitative estimate of drug-likeness (QED) is 0.579.